The molecule has 22 heavy (non-hydrogen) atoms. The molecule has 2 aromatic rings. The van der Waals surface area contributed by atoms with E-state index in [1.807, 2.05) is 13.0 Å². The summed E-state index contributed by atoms with van der Waals surface area (Å²) in [6, 6.07) is 10.5. The molecule has 1 aromatic heterocycles. The van der Waals surface area contributed by atoms with E-state index in [0.29, 0.717) is 11.9 Å². The van der Waals surface area contributed by atoms with Crippen molar-refractivity contribution in [1.82, 2.24) is 4.98 Å². The number of aromatic nitrogens is 1. The van der Waals surface area contributed by atoms with Gasteiger partial charge in [-0.15, -0.1) is 0 Å². The highest BCUT2D eigenvalue weighted by Gasteiger charge is 2.14. The highest BCUT2D eigenvalue weighted by molar-refractivity contribution is 7.92. The van der Waals surface area contributed by atoms with Gasteiger partial charge in [0.2, 0.25) is 0 Å². The van der Waals surface area contributed by atoms with Gasteiger partial charge in [0.05, 0.1) is 16.8 Å². The molecule has 0 aliphatic rings. The predicted molar refractivity (Wildman–Crippen MR) is 89.6 cm³/mol. The van der Waals surface area contributed by atoms with E-state index in [-0.39, 0.29) is 4.90 Å². The first-order chi connectivity index (χ1) is 10.4. The summed E-state index contributed by atoms with van der Waals surface area (Å²) in [5, 5.41) is 3.28. The zero-order valence-electron chi connectivity index (χ0n) is 13.0. The van der Waals surface area contributed by atoms with Gasteiger partial charge in [0.1, 0.15) is 5.82 Å². The molecule has 118 valence electrons. The van der Waals surface area contributed by atoms with Crippen molar-refractivity contribution in [3.05, 3.63) is 48.2 Å². The topological polar surface area (TPSA) is 71.1 Å². The number of hydrogen-bond donors (Lipinski definition) is 2. The normalized spacial score (nSPS) is 12.7. The molecule has 0 saturated carbocycles. The third kappa shape index (κ3) is 4.21. The smallest absolute Gasteiger partial charge is 0.263 e. The maximum Gasteiger partial charge on any atom is 0.263 e. The Morgan fingerprint density at radius 3 is 2.36 bits per heavy atom. The molecule has 0 spiro atoms. The second-order valence-corrected chi connectivity index (χ2v) is 6.99. The molecule has 0 radical (unpaired) electrons. The van der Waals surface area contributed by atoms with Crippen LogP contribution in [0.1, 0.15) is 25.8 Å². The summed E-state index contributed by atoms with van der Waals surface area (Å²) in [6.07, 6.45) is 2.63. The first-order valence-corrected chi connectivity index (χ1v) is 8.71. The van der Waals surface area contributed by atoms with Gasteiger partial charge in [-0.1, -0.05) is 24.6 Å². The molecule has 2 N–H and O–H groups in total. The van der Waals surface area contributed by atoms with E-state index < -0.39 is 10.0 Å². The third-order valence-corrected chi connectivity index (χ3v) is 4.73. The molecule has 1 unspecified atom stereocenters. The zero-order valence-corrected chi connectivity index (χ0v) is 13.8. The molecule has 2 rings (SSSR count). The van der Waals surface area contributed by atoms with Crippen LogP contribution in [0.4, 0.5) is 11.5 Å². The lowest BCUT2D eigenvalue weighted by molar-refractivity contribution is 0.601. The number of nitrogens with zero attached hydrogens (tertiary/aromatic N) is 1. The quantitative estimate of drug-likeness (QED) is 0.856. The number of sulfonamides is 1. The van der Waals surface area contributed by atoms with Crippen LogP contribution in [0.15, 0.2) is 47.5 Å². The number of benzene rings is 1. The Morgan fingerprint density at radius 1 is 1.14 bits per heavy atom. The SMILES string of the molecule is CCC(C)Nc1ccc(NS(=O)(=O)c2ccc(C)cc2)nc1. The lowest BCUT2D eigenvalue weighted by Crippen LogP contribution is -2.15. The molecule has 0 saturated heterocycles. The van der Waals surface area contributed by atoms with Crippen molar-refractivity contribution in [2.24, 2.45) is 0 Å². The van der Waals surface area contributed by atoms with Gasteiger partial charge in [0, 0.05) is 6.04 Å². The molecule has 0 aliphatic carbocycles. The van der Waals surface area contributed by atoms with E-state index >= 15 is 0 Å². The fourth-order valence-electron chi connectivity index (χ4n) is 1.84. The molecule has 1 heterocycles. The van der Waals surface area contributed by atoms with Crippen molar-refractivity contribution in [2.45, 2.75) is 38.1 Å². The second-order valence-electron chi connectivity index (χ2n) is 5.30. The van der Waals surface area contributed by atoms with E-state index in [9.17, 15) is 8.42 Å². The van der Waals surface area contributed by atoms with Gasteiger partial charge in [-0.25, -0.2) is 13.4 Å². The minimum absolute atomic E-state index is 0.224. The van der Waals surface area contributed by atoms with Crippen LogP contribution in [0.3, 0.4) is 0 Å². The van der Waals surface area contributed by atoms with E-state index in [0.717, 1.165) is 17.7 Å². The first-order valence-electron chi connectivity index (χ1n) is 7.23. The van der Waals surface area contributed by atoms with Gasteiger partial charge in [-0.05, 0) is 44.5 Å². The molecule has 6 heteroatoms. The summed E-state index contributed by atoms with van der Waals surface area (Å²) in [4.78, 5) is 4.37. The Balaban J connectivity index is 2.11. The third-order valence-electron chi connectivity index (χ3n) is 3.36. The Kier molecular flexibility index (Phi) is 5.03. The average Bonchev–Trinajstić information content (AvgIpc) is 2.49. The predicted octanol–water partition coefficient (Wildman–Crippen LogP) is 3.40. The highest BCUT2D eigenvalue weighted by atomic mass is 32.2. The van der Waals surface area contributed by atoms with Crippen LogP contribution in [0.2, 0.25) is 0 Å². The molecule has 1 atom stereocenters. The molecule has 0 aliphatic heterocycles. The van der Waals surface area contributed by atoms with E-state index in [1.54, 1.807) is 36.5 Å². The summed E-state index contributed by atoms with van der Waals surface area (Å²) in [7, 11) is -3.60. The summed E-state index contributed by atoms with van der Waals surface area (Å²) in [5.74, 6) is 0.301. The number of hydrogen-bond acceptors (Lipinski definition) is 4. The summed E-state index contributed by atoms with van der Waals surface area (Å²) in [5.41, 5.74) is 1.88. The highest BCUT2D eigenvalue weighted by Crippen LogP contribution is 2.17. The number of anilines is 2. The summed E-state index contributed by atoms with van der Waals surface area (Å²) in [6.45, 7) is 6.08. The molecule has 0 amide bonds. The van der Waals surface area contributed by atoms with Crippen molar-refractivity contribution in [2.75, 3.05) is 10.0 Å². The van der Waals surface area contributed by atoms with Crippen molar-refractivity contribution in [3.63, 3.8) is 0 Å². The van der Waals surface area contributed by atoms with Gasteiger partial charge in [-0.3, -0.25) is 4.72 Å². The standard InChI is InChI=1S/C16H21N3O2S/c1-4-13(3)18-14-7-10-16(17-11-14)19-22(20,21)15-8-5-12(2)6-9-15/h5-11,13,18H,4H2,1-3H3,(H,17,19). The molecule has 0 bridgehead atoms. The van der Waals surface area contributed by atoms with Crippen LogP contribution in [-0.4, -0.2) is 19.4 Å². The van der Waals surface area contributed by atoms with Gasteiger partial charge >= 0.3 is 0 Å². The number of pyridine rings is 1. The Bertz CT molecular complexity index is 710. The van der Waals surface area contributed by atoms with Crippen LogP contribution < -0.4 is 10.0 Å². The van der Waals surface area contributed by atoms with Gasteiger partial charge in [-0.2, -0.15) is 0 Å². The lowest BCUT2D eigenvalue weighted by atomic mass is 10.2. The van der Waals surface area contributed by atoms with Crippen LogP contribution in [0, 0.1) is 6.92 Å². The molecule has 1 aromatic carbocycles. The molecule has 5 nitrogen and oxygen atoms in total. The van der Waals surface area contributed by atoms with Gasteiger partial charge < -0.3 is 5.32 Å². The number of aryl methyl sites for hydroxylation is 1. The van der Waals surface area contributed by atoms with Crippen LogP contribution in [0.5, 0.6) is 0 Å². The van der Waals surface area contributed by atoms with Crippen molar-refractivity contribution >= 4 is 21.5 Å². The maximum atomic E-state index is 12.3. The summed E-state index contributed by atoms with van der Waals surface area (Å²) < 4.78 is 27.0. The van der Waals surface area contributed by atoms with Gasteiger partial charge in [0.15, 0.2) is 0 Å². The molecular weight excluding hydrogens is 298 g/mol. The number of rotatable bonds is 6. The molecule has 0 fully saturated rings. The fraction of sp³-hybridized carbons (Fsp3) is 0.312. The Hall–Kier alpha value is -2.08. The Labute approximate surface area is 131 Å². The second kappa shape index (κ2) is 6.79. The van der Waals surface area contributed by atoms with Crippen molar-refractivity contribution in [1.29, 1.82) is 0 Å². The lowest BCUT2D eigenvalue weighted by Gasteiger charge is -2.13. The Morgan fingerprint density at radius 2 is 1.82 bits per heavy atom. The van der Waals surface area contributed by atoms with E-state index in [4.69, 9.17) is 0 Å². The van der Waals surface area contributed by atoms with Crippen molar-refractivity contribution < 1.29 is 8.42 Å². The van der Waals surface area contributed by atoms with Crippen molar-refractivity contribution in [3.8, 4) is 0 Å². The monoisotopic (exact) mass is 319 g/mol. The van der Waals surface area contributed by atoms with Gasteiger partial charge in [0.25, 0.3) is 10.0 Å². The number of nitrogens with one attached hydrogen (secondary N) is 2. The minimum Gasteiger partial charge on any atom is -0.381 e. The van der Waals surface area contributed by atoms with Crippen LogP contribution >= 0.6 is 0 Å². The average molecular weight is 319 g/mol. The summed E-state index contributed by atoms with van der Waals surface area (Å²) >= 11 is 0. The van der Waals surface area contributed by atoms with E-state index in [2.05, 4.69) is 28.9 Å². The molecular formula is C16H21N3O2S. The largest absolute Gasteiger partial charge is 0.381 e. The van der Waals surface area contributed by atoms with E-state index in [1.165, 1.54) is 0 Å². The van der Waals surface area contributed by atoms with Crippen LogP contribution in [-0.2, 0) is 10.0 Å². The van der Waals surface area contributed by atoms with Crippen LogP contribution in [0.25, 0.3) is 0 Å². The minimum atomic E-state index is -3.60. The maximum absolute atomic E-state index is 12.3. The fourth-order valence-corrected chi connectivity index (χ4v) is 2.85. The zero-order chi connectivity index (χ0) is 16.2. The first kappa shape index (κ1) is 16.3.